The van der Waals surface area contributed by atoms with E-state index in [0.29, 0.717) is 5.82 Å². The van der Waals surface area contributed by atoms with Crippen molar-refractivity contribution in [1.82, 2.24) is 14.6 Å². The van der Waals surface area contributed by atoms with Crippen molar-refractivity contribution < 1.29 is 4.79 Å². The topological polar surface area (TPSA) is 62.5 Å². The van der Waals surface area contributed by atoms with Gasteiger partial charge in [0, 0.05) is 17.6 Å². The number of anilines is 2. The Hall–Kier alpha value is -2.89. The van der Waals surface area contributed by atoms with Crippen LogP contribution in [0.25, 0.3) is 5.65 Å². The second-order valence-electron chi connectivity index (χ2n) is 7.40. The highest BCUT2D eigenvalue weighted by molar-refractivity contribution is 6.03. The number of nitrogens with one attached hydrogen (secondary N) is 1. The van der Waals surface area contributed by atoms with E-state index in [2.05, 4.69) is 33.6 Å². The van der Waals surface area contributed by atoms with Crippen LogP contribution in [0.3, 0.4) is 0 Å². The molecule has 0 unspecified atom stereocenters. The number of carbonyl (C=O) groups excluding carboxylic acids is 1. The maximum atomic E-state index is 13.0. The molecule has 0 saturated heterocycles. The fourth-order valence-electron chi connectivity index (χ4n) is 4.55. The van der Waals surface area contributed by atoms with Gasteiger partial charge in [-0.05, 0) is 43.5 Å². The van der Waals surface area contributed by atoms with Crippen molar-refractivity contribution in [2.24, 2.45) is 0 Å². The number of carbonyl (C=O) groups is 1. The van der Waals surface area contributed by atoms with Crippen LogP contribution in [0.5, 0.6) is 0 Å². The third-order valence-electron chi connectivity index (χ3n) is 5.72. The summed E-state index contributed by atoms with van der Waals surface area (Å²) in [5.74, 6) is 0.713. The van der Waals surface area contributed by atoms with Crippen molar-refractivity contribution in [2.45, 2.75) is 38.0 Å². The summed E-state index contributed by atoms with van der Waals surface area (Å²) in [6.45, 7) is 2.62. The van der Waals surface area contributed by atoms with Crippen LogP contribution in [0, 0.1) is 6.92 Å². The number of hydrogen-bond donors (Lipinski definition) is 1. The third-order valence-corrected chi connectivity index (χ3v) is 5.72. The summed E-state index contributed by atoms with van der Waals surface area (Å²) >= 11 is 0. The van der Waals surface area contributed by atoms with Gasteiger partial charge in [-0.3, -0.25) is 4.90 Å². The Morgan fingerprint density at radius 3 is 2.81 bits per heavy atom. The summed E-state index contributed by atoms with van der Waals surface area (Å²) in [4.78, 5) is 19.2. The second-order valence-corrected chi connectivity index (χ2v) is 7.40. The zero-order chi connectivity index (χ0) is 17.7. The summed E-state index contributed by atoms with van der Waals surface area (Å²) in [5, 5.41) is 7.34. The van der Waals surface area contributed by atoms with Gasteiger partial charge in [0.25, 0.3) is 0 Å². The number of aromatic nitrogens is 3. The number of nitrogens with zero attached hydrogens (tertiary/aromatic N) is 4. The van der Waals surface area contributed by atoms with E-state index < -0.39 is 0 Å². The number of amides is 2. The fourth-order valence-corrected chi connectivity index (χ4v) is 4.55. The molecular weight excluding hydrogens is 326 g/mol. The summed E-state index contributed by atoms with van der Waals surface area (Å²) in [5.41, 5.74) is 4.01. The third kappa shape index (κ3) is 2.29. The molecule has 2 aromatic heterocycles. The minimum absolute atomic E-state index is 0.0857. The maximum absolute atomic E-state index is 13.0. The van der Waals surface area contributed by atoms with Gasteiger partial charge in [0.05, 0.1) is 11.9 Å². The molecule has 1 aromatic carbocycles. The number of pyridine rings is 1. The van der Waals surface area contributed by atoms with Gasteiger partial charge in [-0.25, -0.2) is 14.3 Å². The molecule has 1 aliphatic heterocycles. The molecule has 1 aliphatic carbocycles. The lowest BCUT2D eigenvalue weighted by atomic mass is 9.81. The van der Waals surface area contributed by atoms with Crippen molar-refractivity contribution in [3.8, 4) is 0 Å². The van der Waals surface area contributed by atoms with Crippen LogP contribution in [0.15, 0.2) is 42.6 Å². The Balaban J connectivity index is 1.44. The molecule has 6 nitrogen and oxygen atoms in total. The van der Waals surface area contributed by atoms with Crippen molar-refractivity contribution in [3.63, 3.8) is 0 Å². The van der Waals surface area contributed by atoms with E-state index in [9.17, 15) is 4.79 Å². The molecule has 1 spiro atoms. The number of benzene rings is 1. The monoisotopic (exact) mass is 347 g/mol. The molecule has 0 bridgehead atoms. The second kappa shape index (κ2) is 5.56. The smallest absolute Gasteiger partial charge is 0.306 e. The van der Waals surface area contributed by atoms with E-state index >= 15 is 0 Å². The fraction of sp³-hybridized carbons (Fsp3) is 0.350. The van der Waals surface area contributed by atoms with E-state index in [1.54, 1.807) is 10.7 Å². The molecule has 3 aromatic rings. The number of rotatable bonds is 1. The minimum atomic E-state index is -0.0857. The molecule has 1 fully saturated rings. The molecule has 3 heterocycles. The Morgan fingerprint density at radius 1 is 1.15 bits per heavy atom. The number of urea groups is 1. The standard InChI is InChI=1S/C20H21N5O/c1-14-21-18-9-8-15(12-25(18)23-14)22-19(26)24-13-20(10-4-5-11-20)16-6-2-3-7-17(16)24/h2-3,6-9,12H,4-5,10-11,13H2,1H3,(H,22,26). The SMILES string of the molecule is Cc1nc2ccc(NC(=O)N3CC4(CCCC4)c4ccccc43)cn2n1. The quantitative estimate of drug-likeness (QED) is 0.726. The molecule has 26 heavy (non-hydrogen) atoms. The normalized spacial score (nSPS) is 17.8. The first-order chi connectivity index (χ1) is 12.6. The first-order valence-corrected chi connectivity index (χ1v) is 9.16. The summed E-state index contributed by atoms with van der Waals surface area (Å²) in [6, 6.07) is 12.0. The van der Waals surface area contributed by atoms with Gasteiger partial charge in [0.1, 0.15) is 5.82 Å². The number of fused-ring (bicyclic) bond motifs is 3. The first-order valence-electron chi connectivity index (χ1n) is 9.16. The van der Waals surface area contributed by atoms with Gasteiger partial charge in [-0.1, -0.05) is 31.0 Å². The van der Waals surface area contributed by atoms with Gasteiger partial charge < -0.3 is 5.32 Å². The highest BCUT2D eigenvalue weighted by atomic mass is 16.2. The van der Waals surface area contributed by atoms with Gasteiger partial charge in [-0.2, -0.15) is 5.10 Å². The van der Waals surface area contributed by atoms with E-state index in [1.807, 2.05) is 30.0 Å². The zero-order valence-electron chi connectivity index (χ0n) is 14.8. The highest BCUT2D eigenvalue weighted by Crippen LogP contribution is 2.50. The lowest BCUT2D eigenvalue weighted by molar-refractivity contribution is 0.256. The molecule has 1 N–H and O–H groups in total. The maximum Gasteiger partial charge on any atom is 0.326 e. The van der Waals surface area contributed by atoms with Crippen molar-refractivity contribution in [2.75, 3.05) is 16.8 Å². The van der Waals surface area contributed by atoms with Crippen LogP contribution in [0.2, 0.25) is 0 Å². The number of para-hydroxylation sites is 1. The number of hydrogen-bond acceptors (Lipinski definition) is 3. The van der Waals surface area contributed by atoms with E-state index in [4.69, 9.17) is 0 Å². The molecule has 2 aliphatic rings. The highest BCUT2D eigenvalue weighted by Gasteiger charge is 2.46. The Morgan fingerprint density at radius 2 is 1.96 bits per heavy atom. The average Bonchev–Trinajstić information content (AvgIpc) is 3.33. The van der Waals surface area contributed by atoms with Crippen molar-refractivity contribution in [1.29, 1.82) is 0 Å². The van der Waals surface area contributed by atoms with E-state index in [0.717, 1.165) is 36.4 Å². The summed E-state index contributed by atoms with van der Waals surface area (Å²) in [6.07, 6.45) is 6.62. The summed E-state index contributed by atoms with van der Waals surface area (Å²) in [7, 11) is 0. The van der Waals surface area contributed by atoms with E-state index in [-0.39, 0.29) is 11.4 Å². The lowest BCUT2D eigenvalue weighted by Crippen LogP contribution is -2.38. The van der Waals surface area contributed by atoms with Crippen molar-refractivity contribution >= 4 is 23.1 Å². The predicted octanol–water partition coefficient (Wildman–Crippen LogP) is 3.90. The molecular formula is C20H21N5O. The van der Waals surface area contributed by atoms with Gasteiger partial charge in [-0.15, -0.1) is 0 Å². The minimum Gasteiger partial charge on any atom is -0.306 e. The lowest BCUT2D eigenvalue weighted by Gasteiger charge is -2.24. The molecule has 5 rings (SSSR count). The Labute approximate surface area is 151 Å². The van der Waals surface area contributed by atoms with Crippen LogP contribution in [0.4, 0.5) is 16.2 Å². The molecule has 0 atom stereocenters. The molecule has 6 heteroatoms. The average molecular weight is 347 g/mol. The van der Waals surface area contributed by atoms with Crippen LogP contribution >= 0.6 is 0 Å². The largest absolute Gasteiger partial charge is 0.326 e. The van der Waals surface area contributed by atoms with Gasteiger partial charge >= 0.3 is 6.03 Å². The molecule has 0 radical (unpaired) electrons. The first kappa shape index (κ1) is 15.4. The molecule has 132 valence electrons. The van der Waals surface area contributed by atoms with Crippen LogP contribution in [-0.2, 0) is 5.41 Å². The molecule has 1 saturated carbocycles. The Kier molecular flexibility index (Phi) is 3.29. The zero-order valence-corrected chi connectivity index (χ0v) is 14.8. The van der Waals surface area contributed by atoms with Gasteiger partial charge in [0.15, 0.2) is 5.65 Å². The Bertz CT molecular complexity index is 1000. The van der Waals surface area contributed by atoms with Crippen LogP contribution < -0.4 is 10.2 Å². The number of aryl methyl sites for hydroxylation is 1. The van der Waals surface area contributed by atoms with E-state index in [1.165, 1.54) is 18.4 Å². The van der Waals surface area contributed by atoms with Gasteiger partial charge in [0.2, 0.25) is 0 Å². The van der Waals surface area contributed by atoms with Crippen LogP contribution in [0.1, 0.15) is 37.1 Å². The molecule has 2 amide bonds. The summed E-state index contributed by atoms with van der Waals surface area (Å²) < 4.78 is 1.70. The predicted molar refractivity (Wildman–Crippen MR) is 101 cm³/mol. The van der Waals surface area contributed by atoms with Crippen LogP contribution in [-0.4, -0.2) is 27.2 Å². The van der Waals surface area contributed by atoms with Crippen molar-refractivity contribution in [3.05, 3.63) is 54.0 Å².